The number of hydrogen-bond donors (Lipinski definition) is 0. The van der Waals surface area contributed by atoms with Crippen LogP contribution in [0.3, 0.4) is 0 Å². The smallest absolute Gasteiger partial charge is 0.0620 e. The monoisotopic (exact) mass is 664 g/mol. The number of rotatable bonds is 6. The number of hydrogen-bond acceptors (Lipinski definition) is 2. The summed E-state index contributed by atoms with van der Waals surface area (Å²) in [6.07, 6.45) is 3.18. The van der Waals surface area contributed by atoms with Crippen molar-refractivity contribution in [2.45, 2.75) is 72.1 Å². The van der Waals surface area contributed by atoms with Crippen LogP contribution in [0.1, 0.15) is 74.8 Å². The van der Waals surface area contributed by atoms with E-state index in [0.717, 1.165) is 30.6 Å². The van der Waals surface area contributed by atoms with Crippen LogP contribution >= 0.6 is 0 Å². The van der Waals surface area contributed by atoms with E-state index in [0.29, 0.717) is 5.92 Å². The van der Waals surface area contributed by atoms with E-state index in [1.165, 1.54) is 72.1 Å². The highest BCUT2D eigenvalue weighted by Crippen LogP contribution is 2.51. The second-order valence-corrected chi connectivity index (χ2v) is 15.3. The molecule has 4 aliphatic rings. The van der Waals surface area contributed by atoms with Crippen LogP contribution in [-0.4, -0.2) is 0 Å². The zero-order valence-corrected chi connectivity index (χ0v) is 30.9. The largest absolute Gasteiger partial charge is 0.309 e. The van der Waals surface area contributed by atoms with Crippen molar-refractivity contribution in [3.8, 4) is 0 Å². The van der Waals surface area contributed by atoms with Crippen molar-refractivity contribution in [3.05, 3.63) is 167 Å². The van der Waals surface area contributed by atoms with Gasteiger partial charge in [-0.3, -0.25) is 0 Å². The molecule has 0 spiro atoms. The first-order chi connectivity index (χ1) is 24.7. The van der Waals surface area contributed by atoms with Gasteiger partial charge in [0, 0.05) is 44.3 Å². The summed E-state index contributed by atoms with van der Waals surface area (Å²) in [6, 6.07) is 53.0. The molecular formula is C49H48N2. The SMILES string of the molecule is CCc1ccc(N(c2ccc(C(C)C)cc2)c2c3ccccc3c(N3c4ccc(cc4)CCC(C)(C)c4ccc3cc4)c3ccc(C)cc23)cc1. The molecule has 0 amide bonds. The first-order valence-electron chi connectivity index (χ1n) is 18.7. The summed E-state index contributed by atoms with van der Waals surface area (Å²) in [4.78, 5) is 4.98. The second kappa shape index (κ2) is 13.1. The zero-order chi connectivity index (χ0) is 35.3. The summed E-state index contributed by atoms with van der Waals surface area (Å²) in [7, 11) is 0. The Kier molecular flexibility index (Phi) is 8.43. The first kappa shape index (κ1) is 32.8. The summed E-state index contributed by atoms with van der Waals surface area (Å²) in [5, 5.41) is 4.90. The number of benzene rings is 7. The van der Waals surface area contributed by atoms with Crippen molar-refractivity contribution in [3.63, 3.8) is 0 Å². The fourth-order valence-electron chi connectivity index (χ4n) is 7.91. The maximum absolute atomic E-state index is 2.49. The van der Waals surface area contributed by atoms with Crippen LogP contribution in [0, 0.1) is 6.92 Å². The lowest BCUT2D eigenvalue weighted by atomic mass is 9.79. The Morgan fingerprint density at radius 2 is 1.24 bits per heavy atom. The first-order valence-corrected chi connectivity index (χ1v) is 18.7. The van der Waals surface area contributed by atoms with E-state index in [2.05, 4.69) is 191 Å². The predicted molar refractivity (Wildman–Crippen MR) is 220 cm³/mol. The van der Waals surface area contributed by atoms with Crippen molar-refractivity contribution in [2.24, 2.45) is 0 Å². The highest BCUT2D eigenvalue weighted by molar-refractivity contribution is 6.23. The molecule has 0 atom stereocenters. The molecule has 51 heavy (non-hydrogen) atoms. The Morgan fingerprint density at radius 3 is 1.86 bits per heavy atom. The summed E-state index contributed by atoms with van der Waals surface area (Å²) in [5.41, 5.74) is 13.8. The Morgan fingerprint density at radius 1 is 0.647 bits per heavy atom. The molecule has 7 aromatic carbocycles. The Bertz CT molecular complexity index is 2330. The molecule has 4 heterocycles. The average Bonchev–Trinajstić information content (AvgIpc) is 3.15. The molecule has 254 valence electrons. The number of fused-ring (bicyclic) bond motifs is 2. The summed E-state index contributed by atoms with van der Waals surface area (Å²) in [6.45, 7) is 13.7. The second-order valence-electron chi connectivity index (χ2n) is 15.3. The highest BCUT2D eigenvalue weighted by Gasteiger charge is 2.27. The minimum atomic E-state index is 0.0892. The van der Waals surface area contributed by atoms with Crippen LogP contribution in [-0.2, 0) is 18.3 Å². The topological polar surface area (TPSA) is 6.48 Å². The van der Waals surface area contributed by atoms with Gasteiger partial charge in [-0.2, -0.15) is 0 Å². The van der Waals surface area contributed by atoms with Gasteiger partial charge in [-0.25, -0.2) is 0 Å². The number of anilines is 6. The molecule has 0 N–H and O–H groups in total. The molecule has 4 aliphatic heterocycles. The van der Waals surface area contributed by atoms with Gasteiger partial charge in [0.15, 0.2) is 0 Å². The predicted octanol–water partition coefficient (Wildman–Crippen LogP) is 14.2. The van der Waals surface area contributed by atoms with Gasteiger partial charge >= 0.3 is 0 Å². The Labute approximate surface area is 304 Å². The van der Waals surface area contributed by atoms with Gasteiger partial charge in [-0.1, -0.05) is 125 Å². The number of aryl methyl sites for hydroxylation is 3. The van der Waals surface area contributed by atoms with Gasteiger partial charge in [-0.15, -0.1) is 0 Å². The fourth-order valence-corrected chi connectivity index (χ4v) is 7.91. The normalized spacial score (nSPS) is 13.9. The van der Waals surface area contributed by atoms with Crippen LogP contribution in [0.4, 0.5) is 34.1 Å². The van der Waals surface area contributed by atoms with Gasteiger partial charge in [0.25, 0.3) is 0 Å². The average molecular weight is 665 g/mol. The molecular weight excluding hydrogens is 617 g/mol. The molecule has 0 saturated carbocycles. The Balaban J connectivity index is 1.46. The van der Waals surface area contributed by atoms with Gasteiger partial charge in [0.05, 0.1) is 11.4 Å². The van der Waals surface area contributed by atoms with E-state index < -0.39 is 0 Å². The minimum absolute atomic E-state index is 0.0892. The molecule has 11 rings (SSSR count). The number of nitrogens with zero attached hydrogens (tertiary/aromatic N) is 2. The van der Waals surface area contributed by atoms with E-state index in [1.807, 2.05) is 0 Å². The van der Waals surface area contributed by atoms with Crippen LogP contribution in [0.5, 0.6) is 0 Å². The van der Waals surface area contributed by atoms with Gasteiger partial charge in [0.2, 0.25) is 0 Å². The standard InChI is InChI=1S/C49H48N2/c1-7-35-13-21-39(22-14-35)51(41-25-17-37(18-26-41)33(2)3)48-44-11-9-8-10-43(44)47(45-29-12-34(4)32-46(45)48)50-40-23-15-36(16-24-40)30-31-49(5,6)38-19-27-42(50)28-20-38/h8-29,32-33H,7,30-31H2,1-6H3. The molecule has 2 nitrogen and oxygen atoms in total. The molecule has 0 aromatic heterocycles. The van der Waals surface area contributed by atoms with Crippen LogP contribution in [0.15, 0.2) is 140 Å². The van der Waals surface area contributed by atoms with Crippen molar-refractivity contribution in [1.82, 2.24) is 0 Å². The molecule has 0 radical (unpaired) electrons. The molecule has 0 unspecified atom stereocenters. The van der Waals surface area contributed by atoms with E-state index in [4.69, 9.17) is 0 Å². The molecule has 2 heteroatoms. The minimum Gasteiger partial charge on any atom is -0.309 e. The maximum atomic E-state index is 2.49. The third-order valence-electron chi connectivity index (χ3n) is 11.1. The highest BCUT2D eigenvalue weighted by atomic mass is 15.2. The quantitative estimate of drug-likeness (QED) is 0.163. The van der Waals surface area contributed by atoms with E-state index in [1.54, 1.807) is 0 Å². The van der Waals surface area contributed by atoms with Gasteiger partial charge in [-0.05, 0) is 114 Å². The summed E-state index contributed by atoms with van der Waals surface area (Å²) >= 11 is 0. The van der Waals surface area contributed by atoms with Crippen molar-refractivity contribution in [2.75, 3.05) is 9.80 Å². The fraction of sp³-hybridized carbons (Fsp3) is 0.224. The zero-order valence-electron chi connectivity index (χ0n) is 30.9. The van der Waals surface area contributed by atoms with Crippen LogP contribution < -0.4 is 9.80 Å². The lowest BCUT2D eigenvalue weighted by molar-refractivity contribution is 0.480. The van der Waals surface area contributed by atoms with Crippen molar-refractivity contribution < 1.29 is 0 Å². The van der Waals surface area contributed by atoms with Gasteiger partial charge < -0.3 is 9.80 Å². The summed E-state index contributed by atoms with van der Waals surface area (Å²) in [5.74, 6) is 0.467. The van der Waals surface area contributed by atoms with Crippen LogP contribution in [0.2, 0.25) is 0 Å². The molecule has 0 fully saturated rings. The molecule has 0 aliphatic carbocycles. The van der Waals surface area contributed by atoms with E-state index in [-0.39, 0.29) is 5.41 Å². The molecule has 7 aromatic rings. The van der Waals surface area contributed by atoms with Crippen molar-refractivity contribution >= 4 is 55.7 Å². The lowest BCUT2D eigenvalue weighted by Gasteiger charge is -2.34. The van der Waals surface area contributed by atoms with Crippen molar-refractivity contribution in [1.29, 1.82) is 0 Å². The third-order valence-corrected chi connectivity index (χ3v) is 11.1. The molecule has 4 bridgehead atoms. The maximum Gasteiger partial charge on any atom is 0.0620 e. The van der Waals surface area contributed by atoms with Crippen LogP contribution in [0.25, 0.3) is 21.5 Å². The molecule has 0 saturated heterocycles. The summed E-state index contributed by atoms with van der Waals surface area (Å²) < 4.78 is 0. The van der Waals surface area contributed by atoms with E-state index >= 15 is 0 Å². The third kappa shape index (κ3) is 5.97. The lowest BCUT2D eigenvalue weighted by Crippen LogP contribution is -2.19. The van der Waals surface area contributed by atoms with E-state index in [9.17, 15) is 0 Å². The van der Waals surface area contributed by atoms with Gasteiger partial charge in [0.1, 0.15) is 0 Å². The Hall–Kier alpha value is -5.34.